The van der Waals surface area contributed by atoms with E-state index in [2.05, 4.69) is 11.8 Å². The normalized spacial score (nSPS) is 38.2. The van der Waals surface area contributed by atoms with Gasteiger partial charge in [0.25, 0.3) is 5.91 Å². The molecule has 0 aromatic rings. The Morgan fingerprint density at radius 2 is 1.57 bits per heavy atom. The third kappa shape index (κ3) is 5.10. The molecule has 0 spiro atoms. The van der Waals surface area contributed by atoms with Gasteiger partial charge in [-0.2, -0.15) is 0 Å². The first-order chi connectivity index (χ1) is 16.9. The summed E-state index contributed by atoms with van der Waals surface area (Å²) in [6, 6.07) is 0.175. The van der Waals surface area contributed by atoms with E-state index in [1.807, 2.05) is 9.80 Å². The van der Waals surface area contributed by atoms with Crippen molar-refractivity contribution in [1.82, 2.24) is 14.7 Å². The van der Waals surface area contributed by atoms with Crippen LogP contribution < -0.4 is 0 Å². The highest BCUT2D eigenvalue weighted by atomic mass is 16.5. The lowest BCUT2D eigenvalue weighted by atomic mass is 9.67. The number of morpholine rings is 1. The van der Waals surface area contributed by atoms with Crippen LogP contribution >= 0.6 is 0 Å². The minimum atomic E-state index is -0.322. The lowest BCUT2D eigenvalue weighted by Gasteiger charge is -2.55. The predicted molar refractivity (Wildman–Crippen MR) is 130 cm³/mol. The van der Waals surface area contributed by atoms with E-state index >= 15 is 0 Å². The van der Waals surface area contributed by atoms with Gasteiger partial charge in [-0.1, -0.05) is 12.8 Å². The highest BCUT2D eigenvalue weighted by Gasteiger charge is 2.49. The van der Waals surface area contributed by atoms with Crippen LogP contribution in [0.3, 0.4) is 0 Å². The first kappa shape index (κ1) is 25.0. The Balaban J connectivity index is 1.29. The van der Waals surface area contributed by atoms with Crippen molar-refractivity contribution in [3.63, 3.8) is 0 Å². The molecule has 0 aromatic heterocycles. The van der Waals surface area contributed by atoms with Gasteiger partial charge in [-0.15, -0.1) is 0 Å². The van der Waals surface area contributed by atoms with E-state index < -0.39 is 0 Å². The third-order valence-electron chi connectivity index (χ3n) is 9.42. The van der Waals surface area contributed by atoms with Gasteiger partial charge in [-0.05, 0) is 63.7 Å². The highest BCUT2D eigenvalue weighted by molar-refractivity contribution is 5.82. The van der Waals surface area contributed by atoms with Gasteiger partial charge in [-0.3, -0.25) is 14.4 Å². The first-order valence-corrected chi connectivity index (χ1v) is 14.0. The Morgan fingerprint density at radius 1 is 0.800 bits per heavy atom. The van der Waals surface area contributed by atoms with Crippen LogP contribution in [0.2, 0.25) is 0 Å². The molecule has 0 bridgehead atoms. The average Bonchev–Trinajstić information content (AvgIpc) is 3.42. The highest BCUT2D eigenvalue weighted by Crippen LogP contribution is 2.44. The minimum Gasteiger partial charge on any atom is -0.378 e. The largest absolute Gasteiger partial charge is 0.378 e. The van der Waals surface area contributed by atoms with E-state index in [0.29, 0.717) is 57.2 Å². The summed E-state index contributed by atoms with van der Waals surface area (Å²) in [5.74, 6) is 1.69. The van der Waals surface area contributed by atoms with Gasteiger partial charge in [0.05, 0.1) is 25.3 Å². The molecule has 5 rings (SSSR count). The molecule has 2 saturated carbocycles. The minimum absolute atomic E-state index is 0.0286. The molecule has 7 atom stereocenters. The quantitative estimate of drug-likeness (QED) is 0.609. The number of hydrogen-bond donors (Lipinski definition) is 0. The second-order valence-corrected chi connectivity index (χ2v) is 11.5. The van der Waals surface area contributed by atoms with Gasteiger partial charge >= 0.3 is 0 Å². The van der Waals surface area contributed by atoms with Crippen molar-refractivity contribution in [3.05, 3.63) is 0 Å². The molecule has 5 fully saturated rings. The van der Waals surface area contributed by atoms with Crippen LogP contribution in [-0.4, -0.2) is 96.1 Å². The summed E-state index contributed by atoms with van der Waals surface area (Å²) >= 11 is 0. The lowest BCUT2D eigenvalue weighted by Crippen LogP contribution is -2.68. The second-order valence-electron chi connectivity index (χ2n) is 11.5. The summed E-state index contributed by atoms with van der Waals surface area (Å²) in [5, 5.41) is 0. The molecule has 35 heavy (non-hydrogen) atoms. The Hall–Kier alpha value is -1.67. The smallest absolute Gasteiger partial charge is 0.252 e. The van der Waals surface area contributed by atoms with Crippen molar-refractivity contribution >= 4 is 17.7 Å². The monoisotopic (exact) mass is 489 g/mol. The second kappa shape index (κ2) is 10.8. The van der Waals surface area contributed by atoms with Crippen LogP contribution in [-0.2, 0) is 23.9 Å². The number of fused-ring (bicyclic) bond motifs is 1. The number of piperazine rings is 1. The number of ether oxygens (including phenoxy) is 2. The van der Waals surface area contributed by atoms with Crippen molar-refractivity contribution in [2.45, 2.75) is 95.9 Å². The van der Waals surface area contributed by atoms with E-state index in [4.69, 9.17) is 9.47 Å². The zero-order valence-corrected chi connectivity index (χ0v) is 21.5. The lowest BCUT2D eigenvalue weighted by molar-refractivity contribution is -0.160. The van der Waals surface area contributed by atoms with Gasteiger partial charge in [-0.25, -0.2) is 0 Å². The van der Waals surface area contributed by atoms with Gasteiger partial charge in [0.2, 0.25) is 11.8 Å². The summed E-state index contributed by atoms with van der Waals surface area (Å²) in [5.41, 5.74) is 0. The molecule has 8 nitrogen and oxygen atoms in total. The van der Waals surface area contributed by atoms with Gasteiger partial charge in [0, 0.05) is 45.1 Å². The fourth-order valence-corrected chi connectivity index (χ4v) is 7.76. The van der Waals surface area contributed by atoms with Crippen LogP contribution in [0.25, 0.3) is 0 Å². The van der Waals surface area contributed by atoms with Gasteiger partial charge in [0.15, 0.2) is 0 Å². The maximum Gasteiger partial charge on any atom is 0.252 e. The maximum atomic E-state index is 13.5. The molecule has 0 radical (unpaired) electrons. The predicted octanol–water partition coefficient (Wildman–Crippen LogP) is 2.45. The number of nitrogens with zero attached hydrogens (tertiary/aromatic N) is 3. The zero-order valence-electron chi connectivity index (χ0n) is 21.5. The summed E-state index contributed by atoms with van der Waals surface area (Å²) in [6.45, 7) is 7.72. The van der Waals surface area contributed by atoms with Crippen molar-refractivity contribution in [2.24, 2.45) is 17.8 Å². The van der Waals surface area contributed by atoms with Gasteiger partial charge < -0.3 is 24.2 Å². The number of amides is 3. The van der Waals surface area contributed by atoms with Gasteiger partial charge in [0.1, 0.15) is 6.10 Å². The Morgan fingerprint density at radius 3 is 2.29 bits per heavy atom. The topological polar surface area (TPSA) is 79.4 Å². The number of carbonyl (C=O) groups excluding carboxylic acids is 3. The van der Waals surface area contributed by atoms with Crippen LogP contribution in [0.4, 0.5) is 0 Å². The number of carbonyl (C=O) groups is 3. The fraction of sp³-hybridized carbons (Fsp3) is 0.889. The summed E-state index contributed by atoms with van der Waals surface area (Å²) in [7, 11) is 0. The summed E-state index contributed by atoms with van der Waals surface area (Å²) in [6.07, 6.45) is 8.59. The first-order valence-electron chi connectivity index (χ1n) is 14.0. The van der Waals surface area contributed by atoms with E-state index in [1.54, 1.807) is 6.92 Å². The molecular weight excluding hydrogens is 446 g/mol. The zero-order chi connectivity index (χ0) is 24.5. The Labute approximate surface area is 209 Å². The Kier molecular flexibility index (Phi) is 7.68. The van der Waals surface area contributed by atoms with Crippen molar-refractivity contribution in [3.8, 4) is 0 Å². The molecule has 3 saturated heterocycles. The Bertz CT molecular complexity index is 794. The number of hydrogen-bond acceptors (Lipinski definition) is 5. The fourth-order valence-electron chi connectivity index (χ4n) is 7.76. The van der Waals surface area contributed by atoms with Crippen molar-refractivity contribution < 1.29 is 23.9 Å². The molecule has 8 heteroatoms. The van der Waals surface area contributed by atoms with Crippen LogP contribution in [0.5, 0.6) is 0 Å². The molecule has 0 N–H and O–H groups in total. The molecule has 6 unspecified atom stereocenters. The van der Waals surface area contributed by atoms with Crippen LogP contribution in [0.15, 0.2) is 0 Å². The molecule has 3 heterocycles. The molecule has 5 aliphatic rings. The number of rotatable bonds is 3. The molecule has 3 aliphatic heterocycles. The third-order valence-corrected chi connectivity index (χ3v) is 9.42. The maximum absolute atomic E-state index is 13.5. The molecule has 3 amide bonds. The summed E-state index contributed by atoms with van der Waals surface area (Å²) < 4.78 is 11.2. The van der Waals surface area contributed by atoms with Crippen LogP contribution in [0.1, 0.15) is 71.6 Å². The van der Waals surface area contributed by atoms with E-state index in [-0.39, 0.29) is 42.0 Å². The van der Waals surface area contributed by atoms with Crippen LogP contribution in [0, 0.1) is 17.8 Å². The SMILES string of the molecule is CC(=O)N1C2CCC(C3CCCC(C(=O)N4CCOCC4)C3)CC2N(C(=O)C2CCCO2)C[C@@H]1C. The van der Waals surface area contributed by atoms with E-state index in [0.717, 1.165) is 51.4 Å². The standard InChI is InChI=1S/C27H43N3O5/c1-18-17-29(27(33)25-7-4-12-35-25)24-16-21(8-9-23(24)30(18)19(2)31)20-5-3-6-22(15-20)26(32)28-10-13-34-14-11-28/h18,20-25H,3-17H2,1-2H3/t18-,20?,21?,22?,23?,24?,25?/m0/s1. The molecule has 196 valence electrons. The van der Waals surface area contributed by atoms with Crippen molar-refractivity contribution in [2.75, 3.05) is 39.5 Å². The molecule has 0 aromatic carbocycles. The molecular formula is C27H43N3O5. The average molecular weight is 490 g/mol. The van der Waals surface area contributed by atoms with E-state index in [1.165, 1.54) is 6.42 Å². The molecule has 2 aliphatic carbocycles. The summed E-state index contributed by atoms with van der Waals surface area (Å²) in [4.78, 5) is 45.4. The van der Waals surface area contributed by atoms with E-state index in [9.17, 15) is 14.4 Å². The van der Waals surface area contributed by atoms with Crippen molar-refractivity contribution in [1.29, 1.82) is 0 Å².